The van der Waals surface area contributed by atoms with Crippen molar-refractivity contribution in [3.05, 3.63) is 54.5 Å². The van der Waals surface area contributed by atoms with Gasteiger partial charge in [-0.05, 0) is 31.0 Å². The van der Waals surface area contributed by atoms with Gasteiger partial charge in [0.1, 0.15) is 11.4 Å². The van der Waals surface area contributed by atoms with Gasteiger partial charge in [0.15, 0.2) is 17.3 Å². The summed E-state index contributed by atoms with van der Waals surface area (Å²) in [5.74, 6) is 0.584. The molecule has 1 fully saturated rings. The minimum Gasteiger partial charge on any atom is -0.382 e. The number of nitrogens with one attached hydrogen (secondary N) is 1. The monoisotopic (exact) mass is 527 g/mol. The number of carbonyl (C=O) groups is 1. The Morgan fingerprint density at radius 2 is 1.79 bits per heavy atom. The fraction of sp³-hybridized carbons (Fsp3) is 0.357. The molecule has 1 aliphatic heterocycles. The Morgan fingerprint density at radius 3 is 2.56 bits per heavy atom. The van der Waals surface area contributed by atoms with Gasteiger partial charge in [0.05, 0.1) is 30.6 Å². The summed E-state index contributed by atoms with van der Waals surface area (Å²) in [6.07, 6.45) is 5.14. The van der Waals surface area contributed by atoms with Crippen molar-refractivity contribution in [2.45, 2.75) is 26.7 Å². The lowest BCUT2D eigenvalue weighted by Gasteiger charge is -2.27. The van der Waals surface area contributed by atoms with E-state index in [4.69, 9.17) is 20.4 Å². The van der Waals surface area contributed by atoms with E-state index in [0.29, 0.717) is 49.5 Å². The number of nitrogens with zero attached hydrogens (tertiary/aromatic N) is 7. The van der Waals surface area contributed by atoms with Gasteiger partial charge in [-0.1, -0.05) is 32.0 Å². The van der Waals surface area contributed by atoms with Crippen molar-refractivity contribution in [2.24, 2.45) is 0 Å². The van der Waals surface area contributed by atoms with E-state index in [1.54, 1.807) is 12.4 Å². The number of nitrogens with two attached hydrogens (primary N) is 1. The van der Waals surface area contributed by atoms with Gasteiger partial charge in [0.2, 0.25) is 5.95 Å². The van der Waals surface area contributed by atoms with Crippen molar-refractivity contribution in [2.75, 3.05) is 60.2 Å². The molecule has 0 saturated carbocycles. The van der Waals surface area contributed by atoms with Crippen molar-refractivity contribution in [1.82, 2.24) is 24.9 Å². The summed E-state index contributed by atoms with van der Waals surface area (Å²) in [7, 11) is 0. The molecule has 0 aliphatic carbocycles. The molecule has 5 rings (SSSR count). The highest BCUT2D eigenvalue weighted by Gasteiger charge is 2.22. The third-order valence-corrected chi connectivity index (χ3v) is 6.49. The second kappa shape index (κ2) is 12.0. The van der Waals surface area contributed by atoms with Crippen molar-refractivity contribution < 1.29 is 9.53 Å². The Labute approximate surface area is 227 Å². The van der Waals surface area contributed by atoms with Crippen molar-refractivity contribution in [3.8, 4) is 11.4 Å². The van der Waals surface area contributed by atoms with Gasteiger partial charge in [-0.15, -0.1) is 0 Å². The molecule has 0 radical (unpaired) electrons. The van der Waals surface area contributed by atoms with Gasteiger partial charge >= 0.3 is 0 Å². The molecule has 0 unspecified atom stereocenters. The number of hydrogen-bond donors (Lipinski definition) is 2. The van der Waals surface area contributed by atoms with Crippen LogP contribution in [0.3, 0.4) is 0 Å². The number of anilines is 4. The van der Waals surface area contributed by atoms with E-state index in [2.05, 4.69) is 43.9 Å². The Hall–Kier alpha value is -4.38. The molecular formula is C28H33N9O2. The number of morpholine rings is 1. The third kappa shape index (κ3) is 5.73. The predicted octanol–water partition coefficient (Wildman–Crippen LogP) is 3.78. The van der Waals surface area contributed by atoms with Crippen molar-refractivity contribution in [1.29, 1.82) is 0 Å². The van der Waals surface area contributed by atoms with E-state index in [-0.39, 0.29) is 11.5 Å². The van der Waals surface area contributed by atoms with E-state index < -0.39 is 5.91 Å². The SMILES string of the molecule is CCCN(CCC)c1cccnc1NC(=O)c1nc(-c2nc(N3CCOCC3)nc3ccccc23)cnc1N. The first kappa shape index (κ1) is 26.2. The summed E-state index contributed by atoms with van der Waals surface area (Å²) in [5, 5.41) is 3.72. The summed E-state index contributed by atoms with van der Waals surface area (Å²) >= 11 is 0. The van der Waals surface area contributed by atoms with Gasteiger partial charge in [-0.2, -0.15) is 0 Å². The molecule has 0 bridgehead atoms. The van der Waals surface area contributed by atoms with Crippen LogP contribution in [0.1, 0.15) is 37.2 Å². The minimum absolute atomic E-state index is 0.0113. The second-order valence-corrected chi connectivity index (χ2v) is 9.29. The zero-order valence-corrected chi connectivity index (χ0v) is 22.3. The normalized spacial score (nSPS) is 13.4. The van der Waals surface area contributed by atoms with E-state index in [1.807, 2.05) is 36.4 Å². The van der Waals surface area contributed by atoms with E-state index >= 15 is 0 Å². The van der Waals surface area contributed by atoms with Crippen LogP contribution >= 0.6 is 0 Å². The quantitative estimate of drug-likeness (QED) is 0.331. The first-order valence-corrected chi connectivity index (χ1v) is 13.3. The number of para-hydroxylation sites is 1. The molecule has 4 heterocycles. The van der Waals surface area contributed by atoms with Crippen LogP contribution in [0.4, 0.5) is 23.3 Å². The average Bonchev–Trinajstić information content (AvgIpc) is 2.97. The number of hydrogen-bond acceptors (Lipinski definition) is 10. The number of ether oxygens (including phenoxy) is 1. The Bertz CT molecular complexity index is 1450. The molecule has 11 nitrogen and oxygen atoms in total. The summed E-state index contributed by atoms with van der Waals surface area (Å²) < 4.78 is 5.49. The summed E-state index contributed by atoms with van der Waals surface area (Å²) in [5.41, 5.74) is 8.81. The fourth-order valence-corrected chi connectivity index (χ4v) is 4.65. The van der Waals surface area contributed by atoms with Gasteiger partial charge in [0.25, 0.3) is 5.91 Å². The van der Waals surface area contributed by atoms with Crippen molar-refractivity contribution in [3.63, 3.8) is 0 Å². The van der Waals surface area contributed by atoms with Gasteiger partial charge in [-0.25, -0.2) is 24.9 Å². The molecule has 39 heavy (non-hydrogen) atoms. The van der Waals surface area contributed by atoms with Gasteiger partial charge in [-0.3, -0.25) is 4.79 Å². The Morgan fingerprint density at radius 1 is 1.03 bits per heavy atom. The number of fused-ring (bicyclic) bond motifs is 1. The number of nitrogen functional groups attached to an aromatic ring is 1. The maximum atomic E-state index is 13.5. The largest absolute Gasteiger partial charge is 0.382 e. The average molecular weight is 528 g/mol. The van der Waals surface area contributed by atoms with E-state index in [9.17, 15) is 4.79 Å². The van der Waals surface area contributed by atoms with Crippen molar-refractivity contribution >= 4 is 40.1 Å². The summed E-state index contributed by atoms with van der Waals surface area (Å²) in [4.78, 5) is 40.8. The van der Waals surface area contributed by atoms with E-state index in [0.717, 1.165) is 42.5 Å². The maximum absolute atomic E-state index is 13.5. The van der Waals surface area contributed by atoms with Gasteiger partial charge < -0.3 is 25.6 Å². The standard InChI is InChI=1S/C28H33N9O2/c1-3-12-36(13-4-2)22-10-7-11-30-26(22)35-27(38)24-25(29)31-18-21(32-24)23-19-8-5-6-9-20(19)33-28(34-23)37-14-16-39-17-15-37/h5-11,18H,3-4,12-17H2,1-2H3,(H2,29,31)(H,30,35,38). The predicted molar refractivity (Wildman–Crippen MR) is 153 cm³/mol. The zero-order chi connectivity index (χ0) is 27.2. The molecule has 1 saturated heterocycles. The molecular weight excluding hydrogens is 494 g/mol. The lowest BCUT2D eigenvalue weighted by atomic mass is 10.1. The molecule has 202 valence electrons. The number of rotatable bonds is 9. The molecule has 0 spiro atoms. The highest BCUT2D eigenvalue weighted by molar-refractivity contribution is 6.07. The van der Waals surface area contributed by atoms with E-state index in [1.165, 1.54) is 0 Å². The number of benzene rings is 1. The van der Waals surface area contributed by atoms with Crippen LogP contribution < -0.4 is 20.9 Å². The topological polar surface area (TPSA) is 135 Å². The van der Waals surface area contributed by atoms with Crippen LogP contribution in [0.5, 0.6) is 0 Å². The highest BCUT2D eigenvalue weighted by Crippen LogP contribution is 2.29. The first-order chi connectivity index (χ1) is 19.1. The summed E-state index contributed by atoms with van der Waals surface area (Å²) in [6.45, 7) is 8.57. The smallest absolute Gasteiger partial charge is 0.279 e. The van der Waals surface area contributed by atoms with Crippen LogP contribution in [0.2, 0.25) is 0 Å². The number of pyridine rings is 1. The lowest BCUT2D eigenvalue weighted by molar-refractivity contribution is 0.102. The minimum atomic E-state index is -0.485. The molecule has 4 aromatic rings. The van der Waals surface area contributed by atoms with Crippen LogP contribution in [0.15, 0.2) is 48.8 Å². The van der Waals surface area contributed by atoms with Crippen LogP contribution in [0.25, 0.3) is 22.3 Å². The van der Waals surface area contributed by atoms with Gasteiger partial charge in [0, 0.05) is 37.8 Å². The lowest BCUT2D eigenvalue weighted by Crippen LogP contribution is -2.37. The third-order valence-electron chi connectivity index (χ3n) is 6.49. The summed E-state index contributed by atoms with van der Waals surface area (Å²) in [6, 6.07) is 11.5. The van der Waals surface area contributed by atoms with Crippen LogP contribution in [0, 0.1) is 0 Å². The molecule has 0 atom stereocenters. The molecule has 1 aliphatic rings. The molecule has 3 aromatic heterocycles. The number of carbonyl (C=O) groups excluding carboxylic acids is 1. The molecule has 1 amide bonds. The number of amides is 1. The number of aromatic nitrogens is 5. The first-order valence-electron chi connectivity index (χ1n) is 13.3. The molecule has 1 aromatic carbocycles. The fourth-order valence-electron chi connectivity index (χ4n) is 4.65. The van der Waals surface area contributed by atoms with Crippen LogP contribution in [-0.2, 0) is 4.74 Å². The Kier molecular flexibility index (Phi) is 8.07. The molecule has 11 heteroatoms. The Balaban J connectivity index is 1.51. The zero-order valence-electron chi connectivity index (χ0n) is 22.3. The van der Waals surface area contributed by atoms with Crippen LogP contribution in [-0.4, -0.2) is 70.2 Å². The molecule has 3 N–H and O–H groups in total. The highest BCUT2D eigenvalue weighted by atomic mass is 16.5. The maximum Gasteiger partial charge on any atom is 0.279 e. The second-order valence-electron chi connectivity index (χ2n) is 9.29.